The van der Waals surface area contributed by atoms with Crippen molar-refractivity contribution in [3.63, 3.8) is 0 Å². The first-order chi connectivity index (χ1) is 10.8. The number of oxazole rings is 1. The van der Waals surface area contributed by atoms with Gasteiger partial charge in [0.15, 0.2) is 12.2 Å². The fourth-order valence-electron chi connectivity index (χ4n) is 1.73. The highest BCUT2D eigenvalue weighted by Gasteiger charge is 2.09. The van der Waals surface area contributed by atoms with Gasteiger partial charge in [0, 0.05) is 17.5 Å². The van der Waals surface area contributed by atoms with Crippen LogP contribution in [0.4, 0.5) is 5.69 Å². The van der Waals surface area contributed by atoms with Gasteiger partial charge in [-0.05, 0) is 23.4 Å². The fourth-order valence-corrected chi connectivity index (χ4v) is 1.94. The topological polar surface area (TPSA) is 116 Å². The number of hydrogen-bond donors (Lipinski definition) is 2. The molecule has 0 saturated carbocycles. The second kappa shape index (κ2) is 6.07. The molecule has 0 bridgehead atoms. The predicted octanol–water partition coefficient (Wildman–Crippen LogP) is 2.48. The quantitative estimate of drug-likeness (QED) is 0.710. The summed E-state index contributed by atoms with van der Waals surface area (Å²) in [6.45, 7) is 0. The Labute approximate surface area is 129 Å². The molecule has 2 N–H and O–H groups in total. The Balaban J connectivity index is 1.87. The van der Waals surface area contributed by atoms with E-state index in [1.54, 1.807) is 24.4 Å². The molecule has 3 rings (SSSR count). The third-order valence-electron chi connectivity index (χ3n) is 2.75. The number of aromatic amines is 1. The molecule has 0 saturated heterocycles. The van der Waals surface area contributed by atoms with Gasteiger partial charge in [-0.1, -0.05) is 11.6 Å². The van der Waals surface area contributed by atoms with Crippen LogP contribution in [0.5, 0.6) is 0 Å². The first-order valence-electron chi connectivity index (χ1n) is 6.07. The van der Waals surface area contributed by atoms with Crippen LogP contribution in [0.15, 0.2) is 41.4 Å². The maximum Gasteiger partial charge on any atom is 0.216 e. The van der Waals surface area contributed by atoms with Crippen molar-refractivity contribution in [2.24, 2.45) is 0 Å². The molecule has 3 aromatic rings. The number of tetrazole rings is 1. The van der Waals surface area contributed by atoms with Crippen molar-refractivity contribution in [2.75, 3.05) is 5.32 Å². The second-order valence-corrected chi connectivity index (χ2v) is 4.52. The van der Waals surface area contributed by atoms with E-state index in [2.05, 4.69) is 30.9 Å². The lowest BCUT2D eigenvalue weighted by atomic mass is 10.1. The maximum atomic E-state index is 9.10. The van der Waals surface area contributed by atoms with Gasteiger partial charge < -0.3 is 9.73 Å². The molecule has 1 aromatic carbocycles. The van der Waals surface area contributed by atoms with E-state index < -0.39 is 0 Å². The summed E-state index contributed by atoms with van der Waals surface area (Å²) in [5, 5.41) is 25.8. The van der Waals surface area contributed by atoms with Crippen LogP contribution in [0.25, 0.3) is 16.9 Å². The number of H-pyrrole nitrogens is 1. The van der Waals surface area contributed by atoms with E-state index in [-0.39, 0.29) is 11.4 Å². The number of aromatic nitrogens is 5. The smallest absolute Gasteiger partial charge is 0.216 e. The van der Waals surface area contributed by atoms with Gasteiger partial charge in [0.05, 0.1) is 11.2 Å². The minimum Gasteiger partial charge on any atom is -0.443 e. The molecule has 0 radical (unpaired) electrons. The Morgan fingerprint density at radius 2 is 2.36 bits per heavy atom. The Morgan fingerprint density at radius 1 is 1.45 bits per heavy atom. The molecule has 8 nitrogen and oxygen atoms in total. The molecule has 9 heteroatoms. The third kappa shape index (κ3) is 2.79. The van der Waals surface area contributed by atoms with Crippen LogP contribution in [0.3, 0.4) is 0 Å². The molecule has 0 fully saturated rings. The van der Waals surface area contributed by atoms with Crippen LogP contribution in [0.2, 0.25) is 5.02 Å². The average Bonchev–Trinajstić information content (AvgIpc) is 3.22. The van der Waals surface area contributed by atoms with Crippen LogP contribution in [0.1, 0.15) is 5.82 Å². The first kappa shape index (κ1) is 13.8. The molecule has 0 amide bonds. The maximum absolute atomic E-state index is 9.10. The van der Waals surface area contributed by atoms with Crippen molar-refractivity contribution < 1.29 is 4.42 Å². The summed E-state index contributed by atoms with van der Waals surface area (Å²) < 4.78 is 5.24. The Hall–Kier alpha value is -3.18. The molecule has 22 heavy (non-hydrogen) atoms. The minimum atomic E-state index is 0.208. The minimum absolute atomic E-state index is 0.208. The van der Waals surface area contributed by atoms with Crippen molar-refractivity contribution in [1.82, 2.24) is 25.6 Å². The molecular weight excluding hydrogens is 306 g/mol. The lowest BCUT2D eigenvalue weighted by Crippen LogP contribution is -1.93. The zero-order chi connectivity index (χ0) is 15.4. The van der Waals surface area contributed by atoms with E-state index in [4.69, 9.17) is 21.3 Å². The number of rotatable bonds is 4. The van der Waals surface area contributed by atoms with Crippen molar-refractivity contribution in [1.29, 1.82) is 5.26 Å². The van der Waals surface area contributed by atoms with Gasteiger partial charge in [-0.25, -0.2) is 4.98 Å². The third-order valence-corrected chi connectivity index (χ3v) is 3.08. The summed E-state index contributed by atoms with van der Waals surface area (Å²) in [4.78, 5) is 3.86. The van der Waals surface area contributed by atoms with Crippen molar-refractivity contribution in [3.05, 3.63) is 47.8 Å². The standard InChI is InChI=1S/C13H8ClN7O/c14-11-2-1-9(3-10(11)12-6-16-7-22-12)17-5-8(4-15)13-18-20-21-19-13/h1-3,5-7,17H,(H,18,19,20,21). The number of nitriles is 1. The van der Waals surface area contributed by atoms with Crippen molar-refractivity contribution in [2.45, 2.75) is 0 Å². The van der Waals surface area contributed by atoms with Crippen LogP contribution in [-0.2, 0) is 0 Å². The van der Waals surface area contributed by atoms with Crippen molar-refractivity contribution in [3.8, 4) is 17.4 Å². The highest BCUT2D eigenvalue weighted by atomic mass is 35.5. The lowest BCUT2D eigenvalue weighted by Gasteiger charge is -2.05. The molecular formula is C13H8ClN7O. The van der Waals surface area contributed by atoms with Crippen LogP contribution in [0, 0.1) is 11.3 Å². The number of nitrogens with zero attached hydrogens (tertiary/aromatic N) is 5. The van der Waals surface area contributed by atoms with Gasteiger partial charge >= 0.3 is 0 Å². The summed E-state index contributed by atoms with van der Waals surface area (Å²) in [5.74, 6) is 0.760. The summed E-state index contributed by atoms with van der Waals surface area (Å²) in [7, 11) is 0. The van der Waals surface area contributed by atoms with Gasteiger partial charge in [0.25, 0.3) is 0 Å². The Bertz CT molecular complexity index is 834. The van der Waals surface area contributed by atoms with Gasteiger partial charge in [0.1, 0.15) is 11.6 Å². The monoisotopic (exact) mass is 313 g/mol. The SMILES string of the molecule is N#CC(=CNc1ccc(Cl)c(-c2cnco2)c1)c1nn[nH]n1. The zero-order valence-corrected chi connectivity index (χ0v) is 11.7. The lowest BCUT2D eigenvalue weighted by molar-refractivity contribution is 0.572. The number of benzene rings is 1. The van der Waals surface area contributed by atoms with Crippen LogP contribution < -0.4 is 5.32 Å². The number of anilines is 1. The van der Waals surface area contributed by atoms with E-state index in [9.17, 15) is 0 Å². The van der Waals surface area contributed by atoms with Crippen LogP contribution >= 0.6 is 11.6 Å². The fraction of sp³-hybridized carbons (Fsp3) is 0. The predicted molar refractivity (Wildman–Crippen MR) is 78.3 cm³/mol. The first-order valence-corrected chi connectivity index (χ1v) is 6.45. The van der Waals surface area contributed by atoms with Gasteiger partial charge in [-0.2, -0.15) is 10.5 Å². The summed E-state index contributed by atoms with van der Waals surface area (Å²) in [5.41, 5.74) is 1.65. The molecule has 0 unspecified atom stereocenters. The van der Waals surface area contributed by atoms with Crippen molar-refractivity contribution >= 4 is 22.9 Å². The van der Waals surface area contributed by atoms with E-state index in [0.717, 1.165) is 0 Å². The molecule has 0 atom stereocenters. The number of hydrogen-bond acceptors (Lipinski definition) is 7. The summed E-state index contributed by atoms with van der Waals surface area (Å²) in [6.07, 6.45) is 4.38. The largest absolute Gasteiger partial charge is 0.443 e. The van der Waals surface area contributed by atoms with Gasteiger partial charge in [-0.3, -0.25) is 0 Å². The normalized spacial score (nSPS) is 11.2. The molecule has 108 valence electrons. The molecule has 0 aliphatic carbocycles. The summed E-state index contributed by atoms with van der Waals surface area (Å²) >= 11 is 6.14. The number of nitrogens with one attached hydrogen (secondary N) is 2. The number of allylic oxidation sites excluding steroid dienone is 1. The summed E-state index contributed by atoms with van der Waals surface area (Å²) in [6, 6.07) is 7.26. The molecule has 2 aromatic heterocycles. The van der Waals surface area contributed by atoms with Crippen LogP contribution in [-0.4, -0.2) is 25.6 Å². The van der Waals surface area contributed by atoms with E-state index in [1.807, 2.05) is 6.07 Å². The molecule has 0 aliphatic rings. The Kier molecular flexibility index (Phi) is 3.80. The van der Waals surface area contributed by atoms with E-state index in [1.165, 1.54) is 12.6 Å². The molecule has 0 spiro atoms. The zero-order valence-electron chi connectivity index (χ0n) is 11.0. The van der Waals surface area contributed by atoms with E-state index in [0.29, 0.717) is 22.0 Å². The van der Waals surface area contributed by atoms with E-state index >= 15 is 0 Å². The second-order valence-electron chi connectivity index (χ2n) is 4.11. The molecule has 2 heterocycles. The van der Waals surface area contributed by atoms with Gasteiger partial charge in [0.2, 0.25) is 5.82 Å². The average molecular weight is 314 g/mol. The molecule has 0 aliphatic heterocycles. The number of halogens is 1. The Morgan fingerprint density at radius 3 is 3.05 bits per heavy atom. The van der Waals surface area contributed by atoms with Gasteiger partial charge in [-0.15, -0.1) is 10.2 Å². The highest BCUT2D eigenvalue weighted by molar-refractivity contribution is 6.33. The highest BCUT2D eigenvalue weighted by Crippen LogP contribution is 2.30.